The molecular formula is C23H34N4O5S. The monoisotopic (exact) mass is 478 g/mol. The van der Waals surface area contributed by atoms with Crippen LogP contribution in [0.4, 0.5) is 0 Å². The van der Waals surface area contributed by atoms with E-state index in [-0.39, 0.29) is 12.4 Å². The van der Waals surface area contributed by atoms with Crippen molar-refractivity contribution in [2.75, 3.05) is 77.9 Å². The van der Waals surface area contributed by atoms with Crippen LogP contribution in [0.2, 0.25) is 0 Å². The summed E-state index contributed by atoms with van der Waals surface area (Å²) < 4.78 is 38.6. The molecule has 1 aromatic rings. The van der Waals surface area contributed by atoms with E-state index < -0.39 is 16.1 Å². The zero-order chi connectivity index (χ0) is 23.3. The Hall–Kier alpha value is -1.74. The molecule has 2 bridgehead atoms. The van der Waals surface area contributed by atoms with E-state index in [1.807, 2.05) is 0 Å². The summed E-state index contributed by atoms with van der Waals surface area (Å²) in [4.78, 5) is 4.40. The van der Waals surface area contributed by atoms with Gasteiger partial charge in [-0.3, -0.25) is 9.80 Å². The molecule has 0 aromatic heterocycles. The summed E-state index contributed by atoms with van der Waals surface area (Å²) in [5.74, 6) is 1.38. The van der Waals surface area contributed by atoms with Gasteiger partial charge in [0.25, 0.3) is 0 Å². The third kappa shape index (κ3) is 6.88. The molecule has 9 nitrogen and oxygen atoms in total. The smallest absolute Gasteiger partial charge is 0.215 e. The number of piperidine rings is 2. The maximum Gasteiger partial charge on any atom is 0.215 e. The van der Waals surface area contributed by atoms with Gasteiger partial charge in [-0.15, -0.1) is 0 Å². The lowest BCUT2D eigenvalue weighted by Gasteiger charge is -2.45. The molecule has 3 aliphatic rings. The molecule has 0 radical (unpaired) electrons. The van der Waals surface area contributed by atoms with E-state index in [1.54, 1.807) is 28.6 Å². The Labute approximate surface area is 196 Å². The first-order valence-corrected chi connectivity index (χ1v) is 13.3. The van der Waals surface area contributed by atoms with Gasteiger partial charge in [0.05, 0.1) is 30.6 Å². The lowest BCUT2D eigenvalue weighted by molar-refractivity contribution is 0.0166. The van der Waals surface area contributed by atoms with Gasteiger partial charge in [-0.1, -0.05) is 0 Å². The van der Waals surface area contributed by atoms with Crippen LogP contribution in [-0.2, 0) is 14.8 Å². The van der Waals surface area contributed by atoms with E-state index in [2.05, 4.69) is 15.9 Å². The van der Waals surface area contributed by atoms with Crippen LogP contribution in [0.1, 0.15) is 12.0 Å². The fraction of sp³-hybridized carbons (Fsp3) is 0.696. The summed E-state index contributed by atoms with van der Waals surface area (Å²) in [6.45, 7) is 6.91. The van der Waals surface area contributed by atoms with Gasteiger partial charge in [0.15, 0.2) is 0 Å². The molecule has 0 saturated carbocycles. The van der Waals surface area contributed by atoms with Crippen molar-refractivity contribution < 1.29 is 23.0 Å². The van der Waals surface area contributed by atoms with Gasteiger partial charge in [0, 0.05) is 52.4 Å². The van der Waals surface area contributed by atoms with E-state index in [4.69, 9.17) is 14.7 Å². The molecule has 4 rings (SSSR count). The highest BCUT2D eigenvalue weighted by atomic mass is 32.2. The molecule has 182 valence electrons. The molecule has 1 N–H and O–H groups in total. The maximum atomic E-state index is 13.0. The van der Waals surface area contributed by atoms with Gasteiger partial charge in [-0.2, -0.15) is 5.26 Å². The van der Waals surface area contributed by atoms with Gasteiger partial charge in [-0.25, -0.2) is 12.7 Å². The molecule has 0 spiro atoms. The number of ether oxygens (including phenoxy) is 2. The second-order valence-corrected chi connectivity index (χ2v) is 11.5. The molecule has 3 saturated heterocycles. The summed E-state index contributed by atoms with van der Waals surface area (Å²) in [7, 11) is -3.27. The number of hydrogen-bond acceptors (Lipinski definition) is 8. The number of rotatable bonds is 9. The summed E-state index contributed by atoms with van der Waals surface area (Å²) in [5.41, 5.74) is 0.569. The topological polar surface area (TPSA) is 106 Å². The first-order valence-electron chi connectivity index (χ1n) is 11.7. The molecule has 3 atom stereocenters. The number of sulfonamides is 1. The van der Waals surface area contributed by atoms with Crippen molar-refractivity contribution in [2.24, 2.45) is 11.8 Å². The van der Waals surface area contributed by atoms with Gasteiger partial charge < -0.3 is 14.6 Å². The van der Waals surface area contributed by atoms with Crippen LogP contribution in [0, 0.1) is 23.2 Å². The lowest BCUT2D eigenvalue weighted by atomic mass is 9.85. The van der Waals surface area contributed by atoms with Crippen molar-refractivity contribution in [2.45, 2.75) is 12.5 Å². The average molecular weight is 479 g/mol. The Kier molecular flexibility index (Phi) is 8.22. The second kappa shape index (κ2) is 11.1. The second-order valence-electron chi connectivity index (χ2n) is 9.37. The third-order valence-corrected chi connectivity index (χ3v) is 8.46. The number of nitriles is 1. The minimum absolute atomic E-state index is 0.168. The predicted octanol–water partition coefficient (Wildman–Crippen LogP) is 0.214. The van der Waals surface area contributed by atoms with Crippen LogP contribution in [-0.4, -0.2) is 112 Å². The Balaban J connectivity index is 1.22. The Morgan fingerprint density at radius 3 is 2.39 bits per heavy atom. The highest BCUT2D eigenvalue weighted by Crippen LogP contribution is 2.30. The molecule has 0 amide bonds. The minimum Gasteiger partial charge on any atom is -0.491 e. The van der Waals surface area contributed by atoms with E-state index in [1.165, 1.54) is 0 Å². The molecule has 3 unspecified atom stereocenters. The molecule has 0 aliphatic carbocycles. The predicted molar refractivity (Wildman–Crippen MR) is 123 cm³/mol. The quantitative estimate of drug-likeness (QED) is 0.537. The van der Waals surface area contributed by atoms with Crippen molar-refractivity contribution in [3.05, 3.63) is 29.8 Å². The number of aliphatic hydroxyl groups excluding tert-OH is 1. The molecule has 3 fully saturated rings. The number of β-amino-alcohol motifs (C(OH)–C–C–N with tert-alkyl or cyclic N) is 1. The number of hydrogen-bond donors (Lipinski definition) is 1. The molecule has 1 aromatic carbocycles. The summed E-state index contributed by atoms with van der Waals surface area (Å²) >= 11 is 0. The van der Waals surface area contributed by atoms with Gasteiger partial charge >= 0.3 is 0 Å². The Morgan fingerprint density at radius 2 is 1.76 bits per heavy atom. The van der Waals surface area contributed by atoms with E-state index in [0.717, 1.165) is 32.6 Å². The normalized spacial score (nSPS) is 25.9. The number of fused-ring (bicyclic) bond motifs is 2. The summed E-state index contributed by atoms with van der Waals surface area (Å²) in [6.07, 6.45) is 0.414. The van der Waals surface area contributed by atoms with Crippen molar-refractivity contribution in [3.8, 4) is 11.8 Å². The summed E-state index contributed by atoms with van der Waals surface area (Å²) in [5, 5.41) is 19.3. The third-order valence-electron chi connectivity index (χ3n) is 6.68. The van der Waals surface area contributed by atoms with Gasteiger partial charge in [0.1, 0.15) is 18.5 Å². The SMILES string of the molecule is N#Cc1ccc(OCC(O)CN2CC3CC(C2)CN(S(=O)(=O)CCN2CCOCC2)C3)cc1. The van der Waals surface area contributed by atoms with Crippen LogP contribution >= 0.6 is 0 Å². The van der Waals surface area contributed by atoms with Crippen molar-refractivity contribution >= 4 is 10.0 Å². The highest BCUT2D eigenvalue weighted by Gasteiger charge is 2.38. The molecular weight excluding hydrogens is 444 g/mol. The first-order chi connectivity index (χ1) is 15.9. The Morgan fingerprint density at radius 1 is 1.09 bits per heavy atom. The highest BCUT2D eigenvalue weighted by molar-refractivity contribution is 7.89. The molecule has 3 heterocycles. The standard InChI is InChI=1S/C23H34N4O5S/c24-12-19-1-3-23(4-2-19)32-18-22(28)17-26-13-20-11-21(14-26)16-27(15-20)33(29,30)10-7-25-5-8-31-9-6-25/h1-4,20-22,28H,5-11,13-18H2. The van der Waals surface area contributed by atoms with Gasteiger partial charge in [-0.05, 0) is 42.5 Å². The number of morpholine rings is 1. The lowest BCUT2D eigenvalue weighted by Crippen LogP contribution is -2.56. The van der Waals surface area contributed by atoms with Crippen LogP contribution in [0.15, 0.2) is 24.3 Å². The first kappa shape index (κ1) is 24.4. The zero-order valence-corrected chi connectivity index (χ0v) is 19.8. The van der Waals surface area contributed by atoms with Crippen molar-refractivity contribution in [3.63, 3.8) is 0 Å². The minimum atomic E-state index is -3.27. The van der Waals surface area contributed by atoms with Crippen molar-refractivity contribution in [1.29, 1.82) is 5.26 Å². The van der Waals surface area contributed by atoms with Crippen molar-refractivity contribution in [1.82, 2.24) is 14.1 Å². The Bertz CT molecular complexity index is 900. The average Bonchev–Trinajstić information content (AvgIpc) is 2.82. The van der Waals surface area contributed by atoms with E-state index >= 15 is 0 Å². The largest absolute Gasteiger partial charge is 0.491 e. The van der Waals surface area contributed by atoms with E-state index in [0.29, 0.717) is 62.5 Å². The van der Waals surface area contributed by atoms with Crippen LogP contribution < -0.4 is 4.74 Å². The number of nitrogens with zero attached hydrogens (tertiary/aromatic N) is 4. The van der Waals surface area contributed by atoms with Crippen LogP contribution in [0.3, 0.4) is 0 Å². The summed E-state index contributed by atoms with van der Waals surface area (Å²) in [6, 6.07) is 8.90. The fourth-order valence-electron chi connectivity index (χ4n) is 5.08. The fourth-order valence-corrected chi connectivity index (χ4v) is 6.71. The zero-order valence-electron chi connectivity index (χ0n) is 19.0. The van der Waals surface area contributed by atoms with E-state index in [9.17, 15) is 13.5 Å². The maximum absolute atomic E-state index is 13.0. The number of benzene rings is 1. The number of aliphatic hydroxyl groups is 1. The van der Waals surface area contributed by atoms with Gasteiger partial charge in [0.2, 0.25) is 10.0 Å². The number of likely N-dealkylation sites (tertiary alicyclic amines) is 1. The molecule has 3 aliphatic heterocycles. The van der Waals surface area contributed by atoms with Crippen LogP contribution in [0.25, 0.3) is 0 Å². The molecule has 33 heavy (non-hydrogen) atoms. The molecule has 10 heteroatoms. The van der Waals surface area contributed by atoms with Crippen LogP contribution in [0.5, 0.6) is 5.75 Å².